The van der Waals surface area contributed by atoms with Gasteiger partial charge in [0.2, 0.25) is 0 Å². The molecule has 0 atom stereocenters. The van der Waals surface area contributed by atoms with Gasteiger partial charge in [-0.3, -0.25) is 0 Å². The van der Waals surface area contributed by atoms with E-state index in [9.17, 15) is 0 Å². The molecule has 4 nitrogen and oxygen atoms in total. The molecule has 0 aromatic carbocycles. The Hall–Kier alpha value is 1.32. The molecular weight excluding hydrogens is 409 g/mol. The van der Waals surface area contributed by atoms with E-state index in [1.807, 2.05) is 0 Å². The first-order chi connectivity index (χ1) is 9.91. The number of hydrogen-bond acceptors (Lipinski definition) is 4. The molecule has 0 aromatic heterocycles. The summed E-state index contributed by atoms with van der Waals surface area (Å²) in [5.74, 6) is 0. The minimum Gasteiger partial charge on any atom is -0.465 e. The zero-order valence-electron chi connectivity index (χ0n) is 16.3. The van der Waals surface area contributed by atoms with Crippen LogP contribution in [0.15, 0.2) is 9.64 Å². The summed E-state index contributed by atoms with van der Waals surface area (Å²) >= 11 is 0. The van der Waals surface area contributed by atoms with Crippen molar-refractivity contribution in [2.24, 2.45) is 0 Å². The smallest absolute Gasteiger partial charge is 0.199 e. The van der Waals surface area contributed by atoms with Crippen LogP contribution in [-0.2, 0) is 16.5 Å². The van der Waals surface area contributed by atoms with Gasteiger partial charge in [0.25, 0.3) is 0 Å². The van der Waals surface area contributed by atoms with E-state index in [0.29, 0.717) is 0 Å². The van der Waals surface area contributed by atoms with Crippen LogP contribution in [-0.4, -0.2) is 75.2 Å². The Labute approximate surface area is 153 Å². The van der Waals surface area contributed by atoms with Gasteiger partial charge in [-0.15, -0.1) is 0 Å². The van der Waals surface area contributed by atoms with E-state index in [-0.39, 0.29) is 0 Å². The monoisotopic (exact) mass is 444 g/mol. The Balaban J connectivity index is 6.02. The van der Waals surface area contributed by atoms with Crippen LogP contribution in [0, 0.1) is 0 Å². The maximum absolute atomic E-state index is 6.74. The van der Waals surface area contributed by atoms with Crippen molar-refractivity contribution in [2.75, 3.05) is 0 Å². The van der Waals surface area contributed by atoms with E-state index >= 15 is 0 Å². The molecule has 0 aliphatic rings. The molecule has 0 amide bonds. The van der Waals surface area contributed by atoms with Gasteiger partial charge in [0.1, 0.15) is 30.7 Å². The standard InChI is InChI=1S/C10H36O4Si8/c1-17-13-21(5,6)10(9(18-11-15)19-12-16)22(7,8)14-20(2,3)4/h17-19H2,1-8,15-16H3. The van der Waals surface area contributed by atoms with Crippen molar-refractivity contribution in [2.45, 2.75) is 52.4 Å². The quantitative estimate of drug-likeness (QED) is 0.382. The summed E-state index contributed by atoms with van der Waals surface area (Å²) in [6.45, 7) is 18.6. The molecule has 132 valence electrons. The maximum Gasteiger partial charge on any atom is 0.199 e. The molecule has 12 heteroatoms. The first kappa shape index (κ1) is 23.3. The van der Waals surface area contributed by atoms with Crippen LogP contribution in [0.4, 0.5) is 0 Å². The van der Waals surface area contributed by atoms with Crippen LogP contribution in [0.1, 0.15) is 0 Å². The Morgan fingerprint density at radius 1 is 0.818 bits per heavy atom. The van der Waals surface area contributed by atoms with E-state index in [2.05, 4.69) is 52.4 Å². The van der Waals surface area contributed by atoms with Crippen LogP contribution < -0.4 is 0 Å². The summed E-state index contributed by atoms with van der Waals surface area (Å²) < 4.78 is 24.7. The lowest BCUT2D eigenvalue weighted by atomic mass is 11.2. The summed E-state index contributed by atoms with van der Waals surface area (Å²) in [5.41, 5.74) is 0. The van der Waals surface area contributed by atoms with Crippen LogP contribution in [0.25, 0.3) is 0 Å². The van der Waals surface area contributed by atoms with Gasteiger partial charge < -0.3 is 16.5 Å². The van der Waals surface area contributed by atoms with Crippen LogP contribution >= 0.6 is 0 Å². The van der Waals surface area contributed by atoms with Crippen molar-refractivity contribution in [3.05, 3.63) is 9.64 Å². The van der Waals surface area contributed by atoms with Crippen molar-refractivity contribution in [3.8, 4) is 0 Å². The highest BCUT2D eigenvalue weighted by atomic mass is 28.5. The van der Waals surface area contributed by atoms with Gasteiger partial charge in [0, 0.05) is 0 Å². The molecule has 0 unspecified atom stereocenters. The topological polar surface area (TPSA) is 36.9 Å². The van der Waals surface area contributed by atoms with E-state index in [0.717, 1.165) is 21.0 Å². The van der Waals surface area contributed by atoms with Crippen molar-refractivity contribution in [1.29, 1.82) is 0 Å². The maximum atomic E-state index is 6.74. The molecule has 22 heavy (non-hydrogen) atoms. The Kier molecular flexibility index (Phi) is 10.3. The van der Waals surface area contributed by atoms with Gasteiger partial charge in [0.15, 0.2) is 44.5 Å². The number of rotatable bonds is 10. The molecule has 0 aliphatic heterocycles. The van der Waals surface area contributed by atoms with E-state index in [4.69, 9.17) is 16.5 Å². The molecule has 0 saturated heterocycles. The third-order valence-electron chi connectivity index (χ3n) is 3.26. The minimum atomic E-state index is -1.94. The Morgan fingerprint density at radius 2 is 1.27 bits per heavy atom. The first-order valence-corrected chi connectivity index (χ1v) is 23.4. The molecule has 0 rings (SSSR count). The van der Waals surface area contributed by atoms with Crippen LogP contribution in [0.5, 0.6) is 0 Å². The average Bonchev–Trinajstić information content (AvgIpc) is 2.24. The highest BCUT2D eigenvalue weighted by Crippen LogP contribution is 2.32. The lowest BCUT2D eigenvalue weighted by Gasteiger charge is -2.41. The normalized spacial score (nSPS) is 15.3. The fourth-order valence-electron chi connectivity index (χ4n) is 3.36. The van der Waals surface area contributed by atoms with Gasteiger partial charge in [-0.1, -0.05) is 11.4 Å². The molecule has 0 heterocycles. The fourth-order valence-corrected chi connectivity index (χ4v) is 35.0. The molecule has 0 fully saturated rings. The molecule has 0 aromatic rings. The lowest BCUT2D eigenvalue weighted by molar-refractivity contribution is 0.555. The second-order valence-electron chi connectivity index (χ2n) is 7.51. The van der Waals surface area contributed by atoms with E-state index < -0.39 is 54.2 Å². The average molecular weight is 445 g/mol. The predicted molar refractivity (Wildman–Crippen MR) is 121 cm³/mol. The lowest BCUT2D eigenvalue weighted by Crippen LogP contribution is -2.54. The summed E-state index contributed by atoms with van der Waals surface area (Å²) in [6.07, 6.45) is 0. The summed E-state index contributed by atoms with van der Waals surface area (Å²) in [5, 5.41) is 0. The predicted octanol–water partition coefficient (Wildman–Crippen LogP) is -1.55. The molecule has 0 bridgehead atoms. The summed E-state index contributed by atoms with van der Waals surface area (Å²) in [6, 6.07) is 0. The van der Waals surface area contributed by atoms with Crippen molar-refractivity contribution in [1.82, 2.24) is 0 Å². The number of hydrogen-bond donors (Lipinski definition) is 0. The van der Waals surface area contributed by atoms with Gasteiger partial charge in [-0.25, -0.2) is 0 Å². The first-order valence-electron chi connectivity index (χ1n) is 7.96. The highest BCUT2D eigenvalue weighted by molar-refractivity contribution is 7.05. The van der Waals surface area contributed by atoms with Crippen LogP contribution in [0.2, 0.25) is 52.4 Å². The van der Waals surface area contributed by atoms with Gasteiger partial charge >= 0.3 is 0 Å². The van der Waals surface area contributed by atoms with Crippen molar-refractivity contribution < 1.29 is 16.5 Å². The minimum absolute atomic E-state index is 0.420. The third kappa shape index (κ3) is 7.93. The van der Waals surface area contributed by atoms with Crippen molar-refractivity contribution >= 4 is 75.2 Å². The fraction of sp³-hybridized carbons (Fsp3) is 0.800. The molecule has 0 N–H and O–H groups in total. The van der Waals surface area contributed by atoms with Gasteiger partial charge in [-0.2, -0.15) is 0 Å². The Bertz CT molecular complexity index is 372. The summed E-state index contributed by atoms with van der Waals surface area (Å²) in [7, 11) is -5.36. The molecule has 0 spiro atoms. The highest BCUT2D eigenvalue weighted by Gasteiger charge is 2.44. The molecule has 0 radical (unpaired) electrons. The van der Waals surface area contributed by atoms with Crippen molar-refractivity contribution in [3.63, 3.8) is 0 Å². The molecular formula is C10H36O4Si8. The van der Waals surface area contributed by atoms with E-state index in [1.54, 1.807) is 9.64 Å². The SMILES string of the molecule is C[SiH2]O[Si](C)(C)C(=C([SiH2]O[SiH3])[SiH2]O[SiH3])[Si](C)(C)O[Si](C)(C)C. The van der Waals surface area contributed by atoms with Gasteiger partial charge in [-0.05, 0) is 50.6 Å². The van der Waals surface area contributed by atoms with Gasteiger partial charge in [0.05, 0.1) is 0 Å². The largest absolute Gasteiger partial charge is 0.465 e. The van der Waals surface area contributed by atoms with Crippen LogP contribution in [0.3, 0.4) is 0 Å². The zero-order chi connectivity index (χ0) is 17.6. The molecule has 0 aliphatic carbocycles. The molecule has 0 saturated carbocycles. The Morgan fingerprint density at radius 3 is 1.59 bits per heavy atom. The third-order valence-corrected chi connectivity index (χ3v) is 24.9. The zero-order valence-corrected chi connectivity index (χ0v) is 27.5. The summed E-state index contributed by atoms with van der Waals surface area (Å²) in [4.78, 5) is 3.18. The second-order valence-corrected chi connectivity index (χ2v) is 29.7. The second kappa shape index (κ2) is 9.71. The van der Waals surface area contributed by atoms with E-state index in [1.165, 1.54) is 0 Å².